The zero-order valence-corrected chi connectivity index (χ0v) is 17.3. The molecule has 146 valence electrons. The molecule has 1 amide bonds. The minimum absolute atomic E-state index is 0.0624. The van der Waals surface area contributed by atoms with E-state index >= 15 is 0 Å². The molecule has 1 N–H and O–H groups in total. The molecule has 0 saturated carbocycles. The van der Waals surface area contributed by atoms with Gasteiger partial charge in [0.2, 0.25) is 5.91 Å². The van der Waals surface area contributed by atoms with E-state index in [-0.39, 0.29) is 17.9 Å². The van der Waals surface area contributed by atoms with Gasteiger partial charge in [0.05, 0.1) is 19.7 Å². The first kappa shape index (κ1) is 19.9. The quantitative estimate of drug-likeness (QED) is 0.607. The summed E-state index contributed by atoms with van der Waals surface area (Å²) in [5.41, 5.74) is 1.69. The fourth-order valence-electron chi connectivity index (χ4n) is 3.01. The van der Waals surface area contributed by atoms with Gasteiger partial charge in [-0.3, -0.25) is 9.59 Å². The number of rotatable bonds is 7. The fourth-order valence-corrected chi connectivity index (χ4v) is 3.36. The lowest BCUT2D eigenvalue weighted by Crippen LogP contribution is -2.29. The van der Waals surface area contributed by atoms with Gasteiger partial charge in [-0.25, -0.2) is 0 Å². The van der Waals surface area contributed by atoms with Gasteiger partial charge in [0.1, 0.15) is 6.54 Å². The summed E-state index contributed by atoms with van der Waals surface area (Å²) in [4.78, 5) is 24.4. The predicted octanol–water partition coefficient (Wildman–Crippen LogP) is 3.14. The van der Waals surface area contributed by atoms with Gasteiger partial charge >= 0.3 is 0 Å². The largest absolute Gasteiger partial charge is 0.493 e. The van der Waals surface area contributed by atoms with Crippen molar-refractivity contribution in [3.05, 3.63) is 68.9 Å². The van der Waals surface area contributed by atoms with Crippen LogP contribution in [0, 0.1) is 0 Å². The molecule has 0 radical (unpaired) electrons. The van der Waals surface area contributed by atoms with Gasteiger partial charge in [-0.15, -0.1) is 0 Å². The third kappa shape index (κ3) is 4.54. The highest BCUT2D eigenvalue weighted by Crippen LogP contribution is 2.27. The molecule has 0 spiro atoms. The Bertz CT molecular complexity index is 1060. The van der Waals surface area contributed by atoms with E-state index < -0.39 is 0 Å². The first-order valence-electron chi connectivity index (χ1n) is 8.78. The number of amides is 1. The summed E-state index contributed by atoms with van der Waals surface area (Å²) in [6.07, 6.45) is 2.31. The number of hydrogen-bond donors (Lipinski definition) is 1. The number of halogens is 1. The van der Waals surface area contributed by atoms with Crippen LogP contribution < -0.4 is 20.2 Å². The van der Waals surface area contributed by atoms with E-state index in [9.17, 15) is 9.59 Å². The Morgan fingerprint density at radius 3 is 2.61 bits per heavy atom. The second-order valence-electron chi connectivity index (χ2n) is 6.26. The van der Waals surface area contributed by atoms with Gasteiger partial charge in [-0.05, 0) is 42.3 Å². The molecule has 0 fully saturated rings. The molecule has 7 heteroatoms. The Hall–Kier alpha value is -2.80. The monoisotopic (exact) mass is 444 g/mol. The van der Waals surface area contributed by atoms with Crippen molar-refractivity contribution in [2.24, 2.45) is 0 Å². The van der Waals surface area contributed by atoms with Crippen LogP contribution in [0.1, 0.15) is 5.56 Å². The average molecular weight is 445 g/mol. The Morgan fingerprint density at radius 1 is 1.07 bits per heavy atom. The van der Waals surface area contributed by atoms with Crippen LogP contribution >= 0.6 is 15.9 Å². The maximum Gasteiger partial charge on any atom is 0.239 e. The number of hydrogen-bond acceptors (Lipinski definition) is 4. The molecule has 6 nitrogen and oxygen atoms in total. The van der Waals surface area contributed by atoms with E-state index in [1.54, 1.807) is 31.0 Å². The Labute approximate surface area is 171 Å². The molecule has 0 atom stereocenters. The van der Waals surface area contributed by atoms with Crippen LogP contribution in [0.4, 0.5) is 0 Å². The topological polar surface area (TPSA) is 69.6 Å². The van der Waals surface area contributed by atoms with Crippen molar-refractivity contribution >= 4 is 32.7 Å². The third-order valence-corrected chi connectivity index (χ3v) is 4.93. The molecule has 1 heterocycles. The van der Waals surface area contributed by atoms with Crippen LogP contribution in [0.5, 0.6) is 11.5 Å². The zero-order chi connectivity index (χ0) is 20.1. The van der Waals surface area contributed by atoms with Gasteiger partial charge in [0, 0.05) is 28.7 Å². The van der Waals surface area contributed by atoms with Crippen molar-refractivity contribution < 1.29 is 14.3 Å². The van der Waals surface area contributed by atoms with Crippen molar-refractivity contribution in [2.45, 2.75) is 13.0 Å². The average Bonchev–Trinajstić information content (AvgIpc) is 2.70. The van der Waals surface area contributed by atoms with Crippen LogP contribution in [0.15, 0.2) is 57.9 Å². The van der Waals surface area contributed by atoms with Gasteiger partial charge in [-0.2, -0.15) is 0 Å². The number of carbonyl (C=O) groups is 1. The van der Waals surface area contributed by atoms with Crippen LogP contribution in [0.2, 0.25) is 0 Å². The molecule has 0 aliphatic heterocycles. The van der Waals surface area contributed by atoms with Crippen molar-refractivity contribution in [3.63, 3.8) is 0 Å². The van der Waals surface area contributed by atoms with E-state index in [4.69, 9.17) is 9.47 Å². The minimum atomic E-state index is -0.120. The van der Waals surface area contributed by atoms with Gasteiger partial charge in [-0.1, -0.05) is 22.0 Å². The number of nitrogens with zero attached hydrogens (tertiary/aromatic N) is 1. The first-order chi connectivity index (χ1) is 13.5. The maximum atomic E-state index is 12.4. The molecule has 0 bridgehead atoms. The normalized spacial score (nSPS) is 10.7. The van der Waals surface area contributed by atoms with Gasteiger partial charge < -0.3 is 19.4 Å². The summed E-state index contributed by atoms with van der Waals surface area (Å²) in [6, 6.07) is 12.6. The highest BCUT2D eigenvalue weighted by atomic mass is 79.9. The van der Waals surface area contributed by atoms with E-state index in [0.717, 1.165) is 15.6 Å². The number of carbonyl (C=O) groups excluding carboxylic acids is 1. The van der Waals surface area contributed by atoms with Gasteiger partial charge in [0.25, 0.3) is 0 Å². The Kier molecular flexibility index (Phi) is 6.36. The molecule has 0 saturated heterocycles. The summed E-state index contributed by atoms with van der Waals surface area (Å²) in [5.74, 6) is 1.22. The summed E-state index contributed by atoms with van der Waals surface area (Å²) < 4.78 is 13.2. The summed E-state index contributed by atoms with van der Waals surface area (Å²) in [5, 5.41) is 3.50. The number of ether oxygens (including phenoxy) is 2. The SMILES string of the molecule is COc1ccc(CCNC(=O)Cn2ccc(=O)c3ccc(Br)cc32)cc1OC. The lowest BCUT2D eigenvalue weighted by molar-refractivity contribution is -0.121. The molecule has 0 unspecified atom stereocenters. The molecular formula is C21H21BrN2O4. The smallest absolute Gasteiger partial charge is 0.239 e. The molecule has 2 aromatic carbocycles. The minimum Gasteiger partial charge on any atom is -0.493 e. The number of methoxy groups -OCH3 is 2. The third-order valence-electron chi connectivity index (χ3n) is 4.44. The van der Waals surface area contributed by atoms with Crippen LogP contribution in [0.25, 0.3) is 10.9 Å². The number of benzene rings is 2. The Morgan fingerprint density at radius 2 is 1.86 bits per heavy atom. The van der Waals surface area contributed by atoms with Crippen molar-refractivity contribution in [1.29, 1.82) is 0 Å². The molecule has 0 aliphatic carbocycles. The molecular weight excluding hydrogens is 424 g/mol. The molecule has 1 aromatic heterocycles. The van der Waals surface area contributed by atoms with E-state index in [2.05, 4.69) is 21.2 Å². The van der Waals surface area contributed by atoms with Crippen molar-refractivity contribution in [2.75, 3.05) is 20.8 Å². The van der Waals surface area contributed by atoms with Crippen molar-refractivity contribution in [3.8, 4) is 11.5 Å². The molecule has 28 heavy (non-hydrogen) atoms. The highest BCUT2D eigenvalue weighted by molar-refractivity contribution is 9.10. The Balaban J connectivity index is 1.64. The zero-order valence-electron chi connectivity index (χ0n) is 15.7. The molecule has 3 rings (SSSR count). The number of aromatic nitrogens is 1. The number of pyridine rings is 1. The number of fused-ring (bicyclic) bond motifs is 1. The van der Waals surface area contributed by atoms with Crippen LogP contribution in [-0.2, 0) is 17.8 Å². The van der Waals surface area contributed by atoms with Crippen LogP contribution in [0.3, 0.4) is 0 Å². The maximum absolute atomic E-state index is 12.4. The van der Waals surface area contributed by atoms with Crippen LogP contribution in [-0.4, -0.2) is 31.2 Å². The van der Waals surface area contributed by atoms with E-state index in [1.807, 2.05) is 30.3 Å². The number of nitrogens with one attached hydrogen (secondary N) is 1. The van der Waals surface area contributed by atoms with E-state index in [1.165, 1.54) is 6.07 Å². The second kappa shape index (κ2) is 8.93. The summed E-state index contributed by atoms with van der Waals surface area (Å²) >= 11 is 3.41. The lowest BCUT2D eigenvalue weighted by Gasteiger charge is -2.12. The molecule has 3 aromatic rings. The first-order valence-corrected chi connectivity index (χ1v) is 9.57. The lowest BCUT2D eigenvalue weighted by atomic mass is 10.1. The second-order valence-corrected chi connectivity index (χ2v) is 7.17. The van der Waals surface area contributed by atoms with Gasteiger partial charge in [0.15, 0.2) is 16.9 Å². The van der Waals surface area contributed by atoms with Crippen molar-refractivity contribution in [1.82, 2.24) is 9.88 Å². The summed E-state index contributed by atoms with van der Waals surface area (Å²) in [6.45, 7) is 0.634. The highest BCUT2D eigenvalue weighted by Gasteiger charge is 2.08. The fraction of sp³-hybridized carbons (Fsp3) is 0.238. The molecule has 0 aliphatic rings. The summed E-state index contributed by atoms with van der Waals surface area (Å²) in [7, 11) is 3.19. The standard InChI is InChI=1S/C21H21BrN2O4/c1-27-19-6-3-14(11-20(19)28-2)7-9-23-21(26)13-24-10-8-18(25)16-5-4-15(22)12-17(16)24/h3-6,8,10-12H,7,9,13H2,1-2H3,(H,23,26). The van der Waals surface area contributed by atoms with E-state index in [0.29, 0.717) is 29.9 Å². The predicted molar refractivity (Wildman–Crippen MR) is 112 cm³/mol.